The Morgan fingerprint density at radius 2 is 1.80 bits per heavy atom. The van der Waals surface area contributed by atoms with Crippen LogP contribution in [0, 0.1) is 13.8 Å². The summed E-state index contributed by atoms with van der Waals surface area (Å²) in [6.07, 6.45) is 2.37. The number of rotatable bonds is 6. The smallest absolute Gasteiger partial charge is 0.123 e. The SMILES string of the molecule is CCOc1ccccc1CN1CCC(Nc2ccc(C)c(C)c2)CC1. The minimum atomic E-state index is 0.570. The molecule has 0 radical (unpaired) electrons. The molecule has 0 unspecified atom stereocenters. The first-order chi connectivity index (χ1) is 12.2. The standard InChI is InChI=1S/C22H30N2O/c1-4-25-22-8-6-5-7-19(22)16-24-13-11-20(12-14-24)23-21-10-9-17(2)18(3)15-21/h5-10,15,20,23H,4,11-14,16H2,1-3H3. The lowest BCUT2D eigenvalue weighted by Gasteiger charge is -2.33. The molecule has 3 nitrogen and oxygen atoms in total. The number of benzene rings is 2. The number of nitrogens with zero attached hydrogens (tertiary/aromatic N) is 1. The van der Waals surface area contributed by atoms with Crippen LogP contribution in [0.1, 0.15) is 36.5 Å². The highest BCUT2D eigenvalue weighted by Crippen LogP contribution is 2.23. The van der Waals surface area contributed by atoms with E-state index in [1.165, 1.54) is 35.2 Å². The van der Waals surface area contributed by atoms with Gasteiger partial charge in [0.25, 0.3) is 0 Å². The molecule has 0 saturated carbocycles. The van der Waals surface area contributed by atoms with Gasteiger partial charge in [0.2, 0.25) is 0 Å². The summed E-state index contributed by atoms with van der Waals surface area (Å²) in [6.45, 7) is 10.3. The number of anilines is 1. The monoisotopic (exact) mass is 338 g/mol. The fraction of sp³-hybridized carbons (Fsp3) is 0.455. The molecule has 3 rings (SSSR count). The van der Waals surface area contributed by atoms with Gasteiger partial charge < -0.3 is 10.1 Å². The number of piperidine rings is 1. The van der Waals surface area contributed by atoms with Crippen LogP contribution in [-0.2, 0) is 6.54 Å². The van der Waals surface area contributed by atoms with E-state index in [9.17, 15) is 0 Å². The van der Waals surface area contributed by atoms with Crippen molar-refractivity contribution >= 4 is 5.69 Å². The summed E-state index contributed by atoms with van der Waals surface area (Å²) in [7, 11) is 0. The first-order valence-electron chi connectivity index (χ1n) is 9.42. The molecule has 25 heavy (non-hydrogen) atoms. The quantitative estimate of drug-likeness (QED) is 0.820. The molecule has 1 fully saturated rings. The van der Waals surface area contributed by atoms with Crippen molar-refractivity contribution in [2.24, 2.45) is 0 Å². The van der Waals surface area contributed by atoms with E-state index in [-0.39, 0.29) is 0 Å². The fourth-order valence-electron chi connectivity index (χ4n) is 3.47. The predicted molar refractivity (Wildman–Crippen MR) is 105 cm³/mol. The highest BCUT2D eigenvalue weighted by molar-refractivity contribution is 5.48. The molecule has 1 N–H and O–H groups in total. The fourth-order valence-corrected chi connectivity index (χ4v) is 3.47. The lowest BCUT2D eigenvalue weighted by Crippen LogP contribution is -2.38. The average Bonchev–Trinajstić information content (AvgIpc) is 2.62. The zero-order valence-electron chi connectivity index (χ0n) is 15.7. The molecule has 0 aromatic heterocycles. The molecule has 0 atom stereocenters. The highest BCUT2D eigenvalue weighted by Gasteiger charge is 2.20. The van der Waals surface area contributed by atoms with Gasteiger partial charge in [0.05, 0.1) is 6.61 Å². The molecule has 134 valence electrons. The van der Waals surface area contributed by atoms with Crippen molar-refractivity contribution in [3.05, 3.63) is 59.2 Å². The highest BCUT2D eigenvalue weighted by atomic mass is 16.5. The summed E-state index contributed by atoms with van der Waals surface area (Å²) in [4.78, 5) is 2.54. The van der Waals surface area contributed by atoms with Crippen LogP contribution in [0.4, 0.5) is 5.69 Å². The van der Waals surface area contributed by atoms with Crippen LogP contribution in [0.15, 0.2) is 42.5 Å². The summed E-state index contributed by atoms with van der Waals surface area (Å²) >= 11 is 0. The van der Waals surface area contributed by atoms with Crippen molar-refractivity contribution < 1.29 is 4.74 Å². The van der Waals surface area contributed by atoms with Gasteiger partial charge in [-0.2, -0.15) is 0 Å². The Labute approximate surface area is 152 Å². The van der Waals surface area contributed by atoms with Gasteiger partial charge in [-0.25, -0.2) is 0 Å². The van der Waals surface area contributed by atoms with Crippen molar-refractivity contribution in [3.63, 3.8) is 0 Å². The number of aryl methyl sites for hydroxylation is 2. The zero-order valence-corrected chi connectivity index (χ0v) is 15.7. The topological polar surface area (TPSA) is 24.5 Å². The maximum atomic E-state index is 5.76. The van der Waals surface area contributed by atoms with Gasteiger partial charge in [-0.1, -0.05) is 24.3 Å². The van der Waals surface area contributed by atoms with Crippen molar-refractivity contribution in [3.8, 4) is 5.75 Å². The van der Waals surface area contributed by atoms with Gasteiger partial charge in [-0.05, 0) is 62.9 Å². The maximum absolute atomic E-state index is 5.76. The molecule has 2 aromatic rings. The summed E-state index contributed by atoms with van der Waals surface area (Å²) in [5.41, 5.74) is 5.26. The van der Waals surface area contributed by atoms with Crippen molar-refractivity contribution in [1.29, 1.82) is 0 Å². The van der Waals surface area contributed by atoms with Gasteiger partial charge in [0.15, 0.2) is 0 Å². The molecule has 1 aliphatic heterocycles. The molecule has 0 bridgehead atoms. The van der Waals surface area contributed by atoms with Gasteiger partial charge in [-0.15, -0.1) is 0 Å². The summed E-state index contributed by atoms with van der Waals surface area (Å²) in [5.74, 6) is 1.03. The minimum Gasteiger partial charge on any atom is -0.494 e. The van der Waals surface area contributed by atoms with E-state index in [1.807, 2.05) is 13.0 Å². The Kier molecular flexibility index (Phi) is 5.98. The van der Waals surface area contributed by atoms with Crippen LogP contribution < -0.4 is 10.1 Å². The molecule has 0 spiro atoms. The van der Waals surface area contributed by atoms with Crippen molar-refractivity contribution in [2.45, 2.75) is 46.2 Å². The van der Waals surface area contributed by atoms with E-state index in [0.717, 1.165) is 32.0 Å². The van der Waals surface area contributed by atoms with Gasteiger partial charge in [0.1, 0.15) is 5.75 Å². The Morgan fingerprint density at radius 1 is 1.04 bits per heavy atom. The average molecular weight is 338 g/mol. The first kappa shape index (κ1) is 17.8. The number of ether oxygens (including phenoxy) is 1. The minimum absolute atomic E-state index is 0.570. The van der Waals surface area contributed by atoms with E-state index in [2.05, 4.69) is 60.5 Å². The molecule has 2 aromatic carbocycles. The van der Waals surface area contributed by atoms with E-state index >= 15 is 0 Å². The predicted octanol–water partition coefficient (Wildman–Crippen LogP) is 4.78. The number of hydrogen-bond donors (Lipinski definition) is 1. The number of para-hydroxylation sites is 1. The summed E-state index contributed by atoms with van der Waals surface area (Å²) in [5, 5.41) is 3.71. The third kappa shape index (κ3) is 4.76. The van der Waals surface area contributed by atoms with Gasteiger partial charge >= 0.3 is 0 Å². The molecule has 3 heteroatoms. The van der Waals surface area contributed by atoms with Crippen LogP contribution in [0.25, 0.3) is 0 Å². The molecular formula is C22H30N2O. The molecule has 0 amide bonds. The molecule has 1 heterocycles. The lowest BCUT2D eigenvalue weighted by molar-refractivity contribution is 0.207. The molecular weight excluding hydrogens is 308 g/mol. The van der Waals surface area contributed by atoms with E-state index < -0.39 is 0 Å². The van der Waals surface area contributed by atoms with Crippen LogP contribution in [-0.4, -0.2) is 30.6 Å². The van der Waals surface area contributed by atoms with E-state index in [0.29, 0.717) is 6.04 Å². The first-order valence-corrected chi connectivity index (χ1v) is 9.42. The Morgan fingerprint density at radius 3 is 2.52 bits per heavy atom. The third-order valence-corrected chi connectivity index (χ3v) is 5.13. The molecule has 1 aliphatic rings. The Bertz CT molecular complexity index is 690. The Balaban J connectivity index is 1.53. The third-order valence-electron chi connectivity index (χ3n) is 5.13. The largest absolute Gasteiger partial charge is 0.494 e. The Hall–Kier alpha value is -2.00. The van der Waals surface area contributed by atoms with Gasteiger partial charge in [0, 0.05) is 36.9 Å². The zero-order chi connectivity index (χ0) is 17.6. The lowest BCUT2D eigenvalue weighted by atomic mass is 10.0. The van der Waals surface area contributed by atoms with Crippen LogP contribution in [0.3, 0.4) is 0 Å². The normalized spacial score (nSPS) is 16.0. The van der Waals surface area contributed by atoms with Crippen molar-refractivity contribution in [2.75, 3.05) is 25.0 Å². The summed E-state index contributed by atoms with van der Waals surface area (Å²) < 4.78 is 5.76. The number of likely N-dealkylation sites (tertiary alicyclic amines) is 1. The van der Waals surface area contributed by atoms with E-state index in [4.69, 9.17) is 4.74 Å². The van der Waals surface area contributed by atoms with E-state index in [1.54, 1.807) is 0 Å². The second-order valence-corrected chi connectivity index (χ2v) is 7.03. The van der Waals surface area contributed by atoms with Crippen LogP contribution in [0.2, 0.25) is 0 Å². The van der Waals surface area contributed by atoms with Crippen molar-refractivity contribution in [1.82, 2.24) is 4.90 Å². The second kappa shape index (κ2) is 8.39. The summed E-state index contributed by atoms with van der Waals surface area (Å²) in [6, 6.07) is 15.7. The number of nitrogens with one attached hydrogen (secondary N) is 1. The molecule has 0 aliphatic carbocycles. The molecule has 1 saturated heterocycles. The van der Waals surface area contributed by atoms with Crippen LogP contribution in [0.5, 0.6) is 5.75 Å². The van der Waals surface area contributed by atoms with Gasteiger partial charge in [-0.3, -0.25) is 4.90 Å². The number of hydrogen-bond acceptors (Lipinski definition) is 3. The van der Waals surface area contributed by atoms with Crippen LogP contribution >= 0.6 is 0 Å². The maximum Gasteiger partial charge on any atom is 0.123 e. The second-order valence-electron chi connectivity index (χ2n) is 7.03.